The van der Waals surface area contributed by atoms with Crippen LogP contribution < -0.4 is 0 Å². The molecule has 0 aliphatic rings. The maximum absolute atomic E-state index is 12.3. The fourth-order valence-electron chi connectivity index (χ4n) is 2.18. The number of rotatable bonds is 4. The number of hydrogen-bond acceptors (Lipinski definition) is 1. The Kier molecular flexibility index (Phi) is 3.67. The van der Waals surface area contributed by atoms with Crippen LogP contribution in [0.4, 0.5) is 0 Å². The van der Waals surface area contributed by atoms with E-state index >= 15 is 0 Å². The van der Waals surface area contributed by atoms with Crippen LogP contribution in [0.15, 0.2) is 28.9 Å². The predicted molar refractivity (Wildman–Crippen MR) is 74.4 cm³/mol. The summed E-state index contributed by atoms with van der Waals surface area (Å²) in [5.74, 6) is 0.390. The van der Waals surface area contributed by atoms with Gasteiger partial charge in [-0.25, -0.2) is 0 Å². The monoisotopic (exact) mass is 293 g/mol. The summed E-state index contributed by atoms with van der Waals surface area (Å²) in [4.78, 5) is 15.5. The molecule has 2 rings (SSSR count). The molecule has 1 aromatic carbocycles. The Labute approximate surface area is 110 Å². The summed E-state index contributed by atoms with van der Waals surface area (Å²) in [6.45, 7) is 4.13. The summed E-state index contributed by atoms with van der Waals surface area (Å²) >= 11 is 3.43. The highest BCUT2D eigenvalue weighted by Gasteiger charge is 2.19. The van der Waals surface area contributed by atoms with Gasteiger partial charge in [-0.1, -0.05) is 35.8 Å². The van der Waals surface area contributed by atoms with Crippen LogP contribution in [0.1, 0.15) is 37.0 Å². The minimum Gasteiger partial charge on any atom is -0.360 e. The van der Waals surface area contributed by atoms with Crippen molar-refractivity contribution in [2.75, 3.05) is 0 Å². The molecule has 1 heterocycles. The van der Waals surface area contributed by atoms with Gasteiger partial charge in [-0.2, -0.15) is 0 Å². The van der Waals surface area contributed by atoms with Gasteiger partial charge in [0.15, 0.2) is 5.78 Å². The lowest BCUT2D eigenvalue weighted by atomic mass is 9.93. The van der Waals surface area contributed by atoms with Crippen molar-refractivity contribution < 1.29 is 4.79 Å². The average Bonchev–Trinajstić information content (AvgIpc) is 2.73. The molecule has 0 unspecified atom stereocenters. The fourth-order valence-corrected chi connectivity index (χ4v) is 2.54. The SMILES string of the molecule is CCC(CC)C(=O)c1c[nH]c2cc(Br)ccc12. The zero-order chi connectivity index (χ0) is 12.4. The van der Waals surface area contributed by atoms with Crippen molar-refractivity contribution in [3.8, 4) is 0 Å². The van der Waals surface area contributed by atoms with Crippen molar-refractivity contribution >= 4 is 32.6 Å². The second kappa shape index (κ2) is 5.05. The van der Waals surface area contributed by atoms with Crippen LogP contribution in [0, 0.1) is 5.92 Å². The van der Waals surface area contributed by atoms with Crippen molar-refractivity contribution in [1.82, 2.24) is 4.98 Å². The van der Waals surface area contributed by atoms with E-state index in [1.165, 1.54) is 0 Å². The lowest BCUT2D eigenvalue weighted by Crippen LogP contribution is -2.12. The van der Waals surface area contributed by atoms with Gasteiger partial charge in [0.25, 0.3) is 0 Å². The Morgan fingerprint density at radius 2 is 2.06 bits per heavy atom. The molecule has 0 saturated carbocycles. The number of nitrogens with one attached hydrogen (secondary N) is 1. The van der Waals surface area contributed by atoms with E-state index < -0.39 is 0 Å². The molecule has 0 bridgehead atoms. The van der Waals surface area contributed by atoms with Gasteiger partial charge in [-0.05, 0) is 25.0 Å². The molecule has 0 atom stereocenters. The van der Waals surface area contributed by atoms with Crippen LogP contribution in [0.25, 0.3) is 10.9 Å². The van der Waals surface area contributed by atoms with Gasteiger partial charge < -0.3 is 4.98 Å². The average molecular weight is 294 g/mol. The maximum atomic E-state index is 12.3. The Hall–Kier alpha value is -1.09. The van der Waals surface area contributed by atoms with E-state index in [0.29, 0.717) is 0 Å². The molecule has 1 aromatic heterocycles. The van der Waals surface area contributed by atoms with Crippen molar-refractivity contribution in [2.24, 2.45) is 5.92 Å². The van der Waals surface area contributed by atoms with Crippen LogP contribution in [0.3, 0.4) is 0 Å². The highest BCUT2D eigenvalue weighted by atomic mass is 79.9. The van der Waals surface area contributed by atoms with Crippen molar-refractivity contribution in [1.29, 1.82) is 0 Å². The molecule has 0 fully saturated rings. The van der Waals surface area contributed by atoms with E-state index in [9.17, 15) is 4.79 Å². The number of carbonyl (C=O) groups is 1. The summed E-state index contributed by atoms with van der Waals surface area (Å²) in [6.07, 6.45) is 3.63. The largest absolute Gasteiger partial charge is 0.360 e. The third-order valence-electron chi connectivity index (χ3n) is 3.27. The zero-order valence-electron chi connectivity index (χ0n) is 10.1. The van der Waals surface area contributed by atoms with E-state index in [-0.39, 0.29) is 11.7 Å². The Bertz CT molecular complexity index is 540. The van der Waals surface area contributed by atoms with Gasteiger partial charge in [0.1, 0.15) is 0 Å². The van der Waals surface area contributed by atoms with E-state index in [4.69, 9.17) is 0 Å². The number of aromatic nitrogens is 1. The predicted octanol–water partition coefficient (Wildman–Crippen LogP) is 4.55. The lowest BCUT2D eigenvalue weighted by molar-refractivity contribution is 0.0915. The van der Waals surface area contributed by atoms with Gasteiger partial charge in [0.05, 0.1) is 0 Å². The Morgan fingerprint density at radius 1 is 1.35 bits per heavy atom. The first-order chi connectivity index (χ1) is 8.17. The molecule has 0 radical (unpaired) electrons. The normalized spacial score (nSPS) is 11.3. The number of aromatic amines is 1. The van der Waals surface area contributed by atoms with E-state index in [0.717, 1.165) is 33.8 Å². The zero-order valence-corrected chi connectivity index (χ0v) is 11.7. The lowest BCUT2D eigenvalue weighted by Gasteiger charge is -2.09. The van der Waals surface area contributed by atoms with E-state index in [2.05, 4.69) is 34.8 Å². The van der Waals surface area contributed by atoms with E-state index in [1.807, 2.05) is 24.4 Å². The summed E-state index contributed by atoms with van der Waals surface area (Å²) in [6, 6.07) is 5.96. The van der Waals surface area contributed by atoms with Gasteiger partial charge in [-0.15, -0.1) is 0 Å². The molecule has 2 aromatic rings. The molecule has 17 heavy (non-hydrogen) atoms. The third kappa shape index (κ3) is 2.29. The first-order valence-corrected chi connectivity index (χ1v) is 6.77. The van der Waals surface area contributed by atoms with Crippen molar-refractivity contribution in [3.05, 3.63) is 34.4 Å². The first kappa shape index (κ1) is 12.4. The summed E-state index contributed by atoms with van der Waals surface area (Å²) in [7, 11) is 0. The number of benzene rings is 1. The number of ketones is 1. The van der Waals surface area contributed by atoms with Crippen LogP contribution in [-0.4, -0.2) is 10.8 Å². The second-order valence-electron chi connectivity index (χ2n) is 4.27. The van der Waals surface area contributed by atoms with Crippen LogP contribution in [0.2, 0.25) is 0 Å². The second-order valence-corrected chi connectivity index (χ2v) is 5.19. The van der Waals surface area contributed by atoms with E-state index in [1.54, 1.807) is 0 Å². The molecule has 0 saturated heterocycles. The maximum Gasteiger partial charge on any atom is 0.168 e. The number of fused-ring (bicyclic) bond motifs is 1. The summed E-state index contributed by atoms with van der Waals surface area (Å²) in [5, 5.41) is 1.02. The highest BCUT2D eigenvalue weighted by Crippen LogP contribution is 2.25. The van der Waals surface area contributed by atoms with Crippen molar-refractivity contribution in [3.63, 3.8) is 0 Å². The van der Waals surface area contributed by atoms with Crippen LogP contribution >= 0.6 is 15.9 Å². The summed E-state index contributed by atoms with van der Waals surface area (Å²) in [5.41, 5.74) is 1.83. The Morgan fingerprint density at radius 3 is 2.71 bits per heavy atom. The minimum absolute atomic E-state index is 0.137. The third-order valence-corrected chi connectivity index (χ3v) is 3.76. The minimum atomic E-state index is 0.137. The molecule has 90 valence electrons. The van der Waals surface area contributed by atoms with Gasteiger partial charge in [0.2, 0.25) is 0 Å². The Balaban J connectivity index is 2.46. The van der Waals surface area contributed by atoms with Crippen LogP contribution in [0.5, 0.6) is 0 Å². The van der Waals surface area contributed by atoms with Crippen LogP contribution in [-0.2, 0) is 0 Å². The fraction of sp³-hybridized carbons (Fsp3) is 0.357. The topological polar surface area (TPSA) is 32.9 Å². The molecule has 2 nitrogen and oxygen atoms in total. The molecule has 0 amide bonds. The number of halogens is 1. The first-order valence-electron chi connectivity index (χ1n) is 5.98. The standard InChI is InChI=1S/C14H16BrNO/c1-3-9(4-2)14(17)12-8-16-13-7-10(15)5-6-11(12)13/h5-9,16H,3-4H2,1-2H3. The number of Topliss-reactive ketones (excluding diaryl/α,β-unsaturated/α-hetero) is 1. The van der Waals surface area contributed by atoms with Gasteiger partial charge in [-0.3, -0.25) is 4.79 Å². The molecular weight excluding hydrogens is 278 g/mol. The quantitative estimate of drug-likeness (QED) is 0.824. The van der Waals surface area contributed by atoms with Crippen molar-refractivity contribution in [2.45, 2.75) is 26.7 Å². The van der Waals surface area contributed by atoms with Gasteiger partial charge in [0, 0.05) is 33.1 Å². The molecular formula is C14H16BrNO. The number of carbonyl (C=O) groups excluding carboxylic acids is 1. The highest BCUT2D eigenvalue weighted by molar-refractivity contribution is 9.10. The van der Waals surface area contributed by atoms with Gasteiger partial charge >= 0.3 is 0 Å². The molecule has 1 N–H and O–H groups in total. The summed E-state index contributed by atoms with van der Waals surface area (Å²) < 4.78 is 1.02. The smallest absolute Gasteiger partial charge is 0.168 e. The number of hydrogen-bond donors (Lipinski definition) is 1. The molecule has 0 aliphatic heterocycles. The number of H-pyrrole nitrogens is 1. The molecule has 3 heteroatoms. The molecule has 0 spiro atoms. The molecule has 0 aliphatic carbocycles.